The predicted molar refractivity (Wildman–Crippen MR) is 32.4 cm³/mol. The average Bonchev–Trinajstić information content (AvgIpc) is 1.62. The number of aliphatic hydroxyl groups is 1. The highest BCUT2D eigenvalue weighted by Crippen LogP contribution is 1.77. The molecule has 0 aromatic rings. The highest BCUT2D eigenvalue weighted by molar-refractivity contribution is 7.87. The van der Waals surface area contributed by atoms with Crippen LogP contribution in [0.25, 0.3) is 0 Å². The van der Waals surface area contributed by atoms with Gasteiger partial charge in [-0.15, -0.1) is 0 Å². The lowest BCUT2D eigenvalue weighted by molar-refractivity contribution is 0.212. The predicted octanol–water partition coefficient (Wildman–Crippen LogP) is -1.72. The fraction of sp³-hybridized carbons (Fsp3) is 0.333. The van der Waals surface area contributed by atoms with Crippen molar-refractivity contribution in [2.75, 3.05) is 0 Å². The van der Waals surface area contributed by atoms with Crippen LogP contribution in [0.2, 0.25) is 0 Å². The van der Waals surface area contributed by atoms with Gasteiger partial charge in [-0.1, -0.05) is 6.58 Å². The molecular formula is C3H8N2O3S. The van der Waals surface area contributed by atoms with E-state index in [-0.39, 0.29) is 0 Å². The summed E-state index contributed by atoms with van der Waals surface area (Å²) in [4.78, 5) is 0. The number of hydrogen-bond donors (Lipinski definition) is 3. The molecule has 4 N–H and O–H groups in total. The second-order valence-electron chi connectivity index (χ2n) is 1.34. The van der Waals surface area contributed by atoms with Crippen molar-refractivity contribution in [1.29, 1.82) is 0 Å². The lowest BCUT2D eigenvalue weighted by Gasteiger charge is -2.02. The molecular weight excluding hydrogens is 144 g/mol. The molecule has 0 saturated heterocycles. The van der Waals surface area contributed by atoms with Crippen LogP contribution in [-0.2, 0) is 10.2 Å². The number of nitrogens with two attached hydrogens (primary N) is 1. The molecule has 0 aromatic carbocycles. The average molecular weight is 152 g/mol. The maximum Gasteiger partial charge on any atom is 0.276 e. The molecule has 0 heterocycles. The first-order valence-electron chi connectivity index (χ1n) is 2.06. The largest absolute Gasteiger partial charge is 0.374 e. The Morgan fingerprint density at radius 1 is 1.78 bits per heavy atom. The minimum absolute atomic E-state index is 1.00. The fourth-order valence-corrected chi connectivity index (χ4v) is 0.649. The second kappa shape index (κ2) is 2.92. The van der Waals surface area contributed by atoms with Crippen LogP contribution in [0.5, 0.6) is 0 Å². The first-order valence-corrected chi connectivity index (χ1v) is 3.61. The zero-order chi connectivity index (χ0) is 7.49. The Bertz CT molecular complexity index is 185. The van der Waals surface area contributed by atoms with E-state index in [1.54, 1.807) is 4.72 Å². The molecule has 0 aromatic heterocycles. The van der Waals surface area contributed by atoms with Gasteiger partial charge in [-0.25, -0.2) is 5.14 Å². The van der Waals surface area contributed by atoms with Gasteiger partial charge in [0.2, 0.25) is 0 Å². The van der Waals surface area contributed by atoms with E-state index < -0.39 is 16.4 Å². The molecule has 0 bridgehead atoms. The summed E-state index contributed by atoms with van der Waals surface area (Å²) in [5, 5.41) is 13.0. The summed E-state index contributed by atoms with van der Waals surface area (Å²) in [7, 11) is -3.81. The monoisotopic (exact) mass is 152 g/mol. The van der Waals surface area contributed by atoms with E-state index in [2.05, 4.69) is 11.7 Å². The van der Waals surface area contributed by atoms with Crippen LogP contribution in [0, 0.1) is 0 Å². The van der Waals surface area contributed by atoms with Gasteiger partial charge in [0.05, 0.1) is 0 Å². The standard InChI is InChI=1S/C3H8N2O3S/c1-2-3(6)5-9(4,7)8/h2-3,5-6H,1H2,(H2,4,7,8). The molecule has 0 aliphatic rings. The zero-order valence-corrected chi connectivity index (χ0v) is 5.43. The Morgan fingerprint density at radius 2 is 2.22 bits per heavy atom. The molecule has 1 unspecified atom stereocenters. The molecule has 5 nitrogen and oxygen atoms in total. The highest BCUT2D eigenvalue weighted by Gasteiger charge is 2.04. The SMILES string of the molecule is C=CC(O)NS(N)(=O)=O. The molecule has 0 aliphatic carbocycles. The lowest BCUT2D eigenvalue weighted by Crippen LogP contribution is -2.37. The minimum atomic E-state index is -3.81. The Balaban J connectivity index is 3.89. The van der Waals surface area contributed by atoms with Gasteiger partial charge >= 0.3 is 0 Å². The second-order valence-corrected chi connectivity index (χ2v) is 2.67. The maximum absolute atomic E-state index is 10.1. The van der Waals surface area contributed by atoms with Gasteiger partial charge in [0, 0.05) is 0 Å². The van der Waals surface area contributed by atoms with E-state index in [9.17, 15) is 8.42 Å². The van der Waals surface area contributed by atoms with Gasteiger partial charge in [-0.2, -0.15) is 13.1 Å². The van der Waals surface area contributed by atoms with Crippen molar-refractivity contribution < 1.29 is 13.5 Å². The smallest absolute Gasteiger partial charge is 0.276 e. The van der Waals surface area contributed by atoms with E-state index in [0.29, 0.717) is 0 Å². The quantitative estimate of drug-likeness (QED) is 0.332. The van der Waals surface area contributed by atoms with E-state index in [1.807, 2.05) is 0 Å². The Labute approximate surface area is 53.4 Å². The van der Waals surface area contributed by atoms with Crippen LogP contribution in [-0.4, -0.2) is 19.8 Å². The molecule has 0 fully saturated rings. The topological polar surface area (TPSA) is 92.4 Å². The summed E-state index contributed by atoms with van der Waals surface area (Å²) < 4.78 is 21.8. The maximum atomic E-state index is 10.1. The molecule has 0 spiro atoms. The molecule has 6 heteroatoms. The molecule has 9 heavy (non-hydrogen) atoms. The lowest BCUT2D eigenvalue weighted by atomic mass is 10.6. The van der Waals surface area contributed by atoms with E-state index in [1.165, 1.54) is 0 Å². The third-order valence-corrected chi connectivity index (χ3v) is 1.08. The van der Waals surface area contributed by atoms with E-state index >= 15 is 0 Å². The van der Waals surface area contributed by atoms with E-state index in [4.69, 9.17) is 5.11 Å². The molecule has 0 amide bonds. The van der Waals surface area contributed by atoms with Gasteiger partial charge in [0.1, 0.15) is 6.23 Å². The Kier molecular flexibility index (Phi) is 2.78. The molecule has 0 radical (unpaired) electrons. The van der Waals surface area contributed by atoms with Crippen LogP contribution >= 0.6 is 0 Å². The number of hydrogen-bond acceptors (Lipinski definition) is 3. The number of rotatable bonds is 3. The van der Waals surface area contributed by atoms with Gasteiger partial charge in [-0.3, -0.25) is 0 Å². The van der Waals surface area contributed by atoms with Crippen molar-refractivity contribution in [3.8, 4) is 0 Å². The van der Waals surface area contributed by atoms with Gasteiger partial charge in [0.25, 0.3) is 10.2 Å². The first kappa shape index (κ1) is 8.57. The Morgan fingerprint density at radius 3 is 2.33 bits per heavy atom. The molecule has 54 valence electrons. The van der Waals surface area contributed by atoms with Gasteiger partial charge in [0.15, 0.2) is 0 Å². The van der Waals surface area contributed by atoms with Crippen molar-refractivity contribution in [2.24, 2.45) is 5.14 Å². The minimum Gasteiger partial charge on any atom is -0.374 e. The van der Waals surface area contributed by atoms with Crippen molar-refractivity contribution >= 4 is 10.2 Å². The third kappa shape index (κ3) is 5.44. The summed E-state index contributed by atoms with van der Waals surface area (Å²) in [6.07, 6.45) is -0.301. The van der Waals surface area contributed by atoms with Crippen molar-refractivity contribution in [3.63, 3.8) is 0 Å². The highest BCUT2D eigenvalue weighted by atomic mass is 32.2. The van der Waals surface area contributed by atoms with Crippen molar-refractivity contribution in [1.82, 2.24) is 4.72 Å². The van der Waals surface area contributed by atoms with Crippen LogP contribution < -0.4 is 9.86 Å². The Hall–Kier alpha value is -0.430. The third-order valence-electron chi connectivity index (χ3n) is 0.508. The van der Waals surface area contributed by atoms with E-state index in [0.717, 1.165) is 6.08 Å². The normalized spacial score (nSPS) is 14.9. The van der Waals surface area contributed by atoms with Crippen LogP contribution in [0.3, 0.4) is 0 Å². The fourth-order valence-electron chi connectivity index (χ4n) is 0.216. The first-order chi connectivity index (χ1) is 3.95. The molecule has 0 aliphatic heterocycles. The van der Waals surface area contributed by atoms with Crippen LogP contribution in [0.4, 0.5) is 0 Å². The van der Waals surface area contributed by atoms with Crippen molar-refractivity contribution in [2.45, 2.75) is 6.23 Å². The molecule has 1 atom stereocenters. The summed E-state index contributed by atoms with van der Waals surface area (Å²) in [5.74, 6) is 0. The molecule has 0 saturated carbocycles. The van der Waals surface area contributed by atoms with Crippen LogP contribution in [0.15, 0.2) is 12.7 Å². The van der Waals surface area contributed by atoms with Crippen LogP contribution in [0.1, 0.15) is 0 Å². The molecule has 0 rings (SSSR count). The number of nitrogens with one attached hydrogen (secondary N) is 1. The summed E-state index contributed by atoms with van der Waals surface area (Å²) >= 11 is 0. The summed E-state index contributed by atoms with van der Waals surface area (Å²) in [6, 6.07) is 0. The summed E-state index contributed by atoms with van der Waals surface area (Å²) in [5.41, 5.74) is 0. The summed E-state index contributed by atoms with van der Waals surface area (Å²) in [6.45, 7) is 3.11. The van der Waals surface area contributed by atoms with Gasteiger partial charge in [-0.05, 0) is 6.08 Å². The van der Waals surface area contributed by atoms with Crippen molar-refractivity contribution in [3.05, 3.63) is 12.7 Å². The number of aliphatic hydroxyl groups excluding tert-OH is 1. The zero-order valence-electron chi connectivity index (χ0n) is 4.61. The van der Waals surface area contributed by atoms with Gasteiger partial charge < -0.3 is 5.11 Å².